The second-order valence-electron chi connectivity index (χ2n) is 9.72. The number of hydrogen-bond donors (Lipinski definition) is 3. The third kappa shape index (κ3) is 7.72. The van der Waals surface area contributed by atoms with Gasteiger partial charge < -0.3 is 25.0 Å². The number of ether oxygens (including phenoxy) is 2. The molecule has 1 saturated heterocycles. The molecule has 1 aliphatic heterocycles. The predicted molar refractivity (Wildman–Crippen MR) is 157 cm³/mol. The molecule has 208 valence electrons. The highest BCUT2D eigenvalue weighted by atomic mass is 16.5. The maximum absolute atomic E-state index is 6.19. The van der Waals surface area contributed by atoms with Crippen molar-refractivity contribution in [1.82, 2.24) is 30.2 Å². The van der Waals surface area contributed by atoms with Crippen molar-refractivity contribution in [3.8, 4) is 17.0 Å². The summed E-state index contributed by atoms with van der Waals surface area (Å²) in [5, 5.41) is 9.86. The lowest BCUT2D eigenvalue weighted by atomic mass is 10.1. The normalized spacial score (nSPS) is 14.2. The Morgan fingerprint density at radius 2 is 1.80 bits per heavy atom. The third-order valence-electron chi connectivity index (χ3n) is 6.61. The molecule has 3 N–H and O–H groups in total. The van der Waals surface area contributed by atoms with Crippen molar-refractivity contribution in [3.63, 3.8) is 0 Å². The number of pyridine rings is 2. The number of hydrogen-bond acceptors (Lipinski definition) is 10. The first-order valence-electron chi connectivity index (χ1n) is 13.7. The SMILES string of the molecule is CCNCOCc1cnc(Nc2cccc(-c3cccnc3)c2)nc1Nc1cccc(OC2CCN(C)CC2)n1. The van der Waals surface area contributed by atoms with E-state index in [1.165, 1.54) is 0 Å². The first-order valence-corrected chi connectivity index (χ1v) is 13.7. The lowest BCUT2D eigenvalue weighted by Crippen LogP contribution is -2.35. The lowest BCUT2D eigenvalue weighted by Gasteiger charge is -2.29. The maximum atomic E-state index is 6.19. The molecule has 5 rings (SSSR count). The van der Waals surface area contributed by atoms with Crippen LogP contribution in [0, 0.1) is 0 Å². The van der Waals surface area contributed by atoms with Crippen LogP contribution in [0.1, 0.15) is 25.3 Å². The van der Waals surface area contributed by atoms with Crippen LogP contribution in [0.3, 0.4) is 0 Å². The fourth-order valence-electron chi connectivity index (χ4n) is 4.40. The zero-order valence-corrected chi connectivity index (χ0v) is 23.0. The Morgan fingerprint density at radius 3 is 2.62 bits per heavy atom. The summed E-state index contributed by atoms with van der Waals surface area (Å²) < 4.78 is 12.0. The fourth-order valence-corrected chi connectivity index (χ4v) is 4.40. The van der Waals surface area contributed by atoms with Crippen LogP contribution in [-0.2, 0) is 11.3 Å². The highest BCUT2D eigenvalue weighted by Gasteiger charge is 2.19. The Hall–Kier alpha value is -4.12. The summed E-state index contributed by atoms with van der Waals surface area (Å²) in [7, 11) is 2.14. The molecule has 3 aromatic heterocycles. The van der Waals surface area contributed by atoms with Crippen molar-refractivity contribution < 1.29 is 9.47 Å². The van der Waals surface area contributed by atoms with Gasteiger partial charge >= 0.3 is 0 Å². The minimum atomic E-state index is 0.172. The summed E-state index contributed by atoms with van der Waals surface area (Å²) in [4.78, 5) is 20.6. The van der Waals surface area contributed by atoms with E-state index in [1.807, 2.05) is 67.7 Å². The van der Waals surface area contributed by atoms with E-state index in [1.54, 1.807) is 12.4 Å². The monoisotopic (exact) mass is 540 g/mol. The van der Waals surface area contributed by atoms with Gasteiger partial charge in [-0.05, 0) is 56.3 Å². The average Bonchev–Trinajstić information content (AvgIpc) is 2.98. The van der Waals surface area contributed by atoms with E-state index in [4.69, 9.17) is 19.4 Å². The van der Waals surface area contributed by atoms with Gasteiger partial charge in [-0.1, -0.05) is 31.2 Å². The van der Waals surface area contributed by atoms with E-state index >= 15 is 0 Å². The van der Waals surface area contributed by atoms with Crippen molar-refractivity contribution >= 4 is 23.3 Å². The van der Waals surface area contributed by atoms with E-state index in [0.717, 1.165) is 54.9 Å². The van der Waals surface area contributed by atoms with E-state index in [0.29, 0.717) is 36.8 Å². The number of nitrogens with one attached hydrogen (secondary N) is 3. The fraction of sp³-hybridized carbons (Fsp3) is 0.333. The van der Waals surface area contributed by atoms with Crippen molar-refractivity contribution in [2.75, 3.05) is 44.0 Å². The summed E-state index contributed by atoms with van der Waals surface area (Å²) >= 11 is 0. The van der Waals surface area contributed by atoms with Gasteiger partial charge in [-0.3, -0.25) is 10.3 Å². The summed E-state index contributed by atoms with van der Waals surface area (Å²) in [5.41, 5.74) is 3.78. The van der Waals surface area contributed by atoms with Gasteiger partial charge in [-0.15, -0.1) is 0 Å². The maximum Gasteiger partial charge on any atom is 0.229 e. The molecule has 1 fully saturated rings. The van der Waals surface area contributed by atoms with Crippen molar-refractivity contribution in [3.05, 3.63) is 78.8 Å². The minimum Gasteiger partial charge on any atom is -0.474 e. The standard InChI is InChI=1S/C30H36N8O2/c1-3-31-21-39-20-24-19-33-30(34-25-9-4-7-22(17-25)23-8-6-14-32-18-23)37-29(24)36-27-10-5-11-28(35-27)40-26-12-15-38(2)16-13-26/h4-11,14,17-19,26,31H,3,12-13,15-16,20-21H2,1-2H3,(H2,33,34,35,36,37). The highest BCUT2D eigenvalue weighted by molar-refractivity contribution is 5.69. The van der Waals surface area contributed by atoms with Crippen LogP contribution in [0.4, 0.5) is 23.3 Å². The largest absolute Gasteiger partial charge is 0.474 e. The van der Waals surface area contributed by atoms with Gasteiger partial charge in [0.2, 0.25) is 11.8 Å². The zero-order valence-electron chi connectivity index (χ0n) is 23.0. The quantitative estimate of drug-likeness (QED) is 0.168. The molecule has 10 heteroatoms. The molecule has 4 heterocycles. The molecule has 0 saturated carbocycles. The first-order chi connectivity index (χ1) is 19.7. The van der Waals surface area contributed by atoms with Gasteiger partial charge in [0.25, 0.3) is 0 Å². The van der Waals surface area contributed by atoms with Crippen LogP contribution in [-0.4, -0.2) is 64.4 Å². The third-order valence-corrected chi connectivity index (χ3v) is 6.61. The molecule has 0 atom stereocenters. The molecule has 0 amide bonds. The van der Waals surface area contributed by atoms with Crippen LogP contribution >= 0.6 is 0 Å². The highest BCUT2D eigenvalue weighted by Crippen LogP contribution is 2.26. The molecular weight excluding hydrogens is 504 g/mol. The first kappa shape index (κ1) is 27.4. The summed E-state index contributed by atoms with van der Waals surface area (Å²) in [5.74, 6) is 2.31. The van der Waals surface area contributed by atoms with Crippen molar-refractivity contribution in [2.24, 2.45) is 0 Å². The molecule has 1 aromatic carbocycles. The molecule has 1 aliphatic rings. The number of rotatable bonds is 12. The van der Waals surface area contributed by atoms with E-state index in [2.05, 4.69) is 37.9 Å². The molecule has 0 aliphatic carbocycles. The molecular formula is C30H36N8O2. The van der Waals surface area contributed by atoms with Gasteiger partial charge in [0.05, 0.1) is 13.3 Å². The summed E-state index contributed by atoms with van der Waals surface area (Å²) in [6.45, 7) is 5.71. The molecule has 0 radical (unpaired) electrons. The lowest BCUT2D eigenvalue weighted by molar-refractivity contribution is 0.105. The Balaban J connectivity index is 1.33. The van der Waals surface area contributed by atoms with E-state index < -0.39 is 0 Å². The second kappa shape index (κ2) is 13.8. The Bertz CT molecular complexity index is 1360. The zero-order chi connectivity index (χ0) is 27.6. The molecule has 0 unspecified atom stereocenters. The second-order valence-corrected chi connectivity index (χ2v) is 9.72. The van der Waals surface area contributed by atoms with Crippen molar-refractivity contribution in [1.29, 1.82) is 0 Å². The van der Waals surface area contributed by atoms with Crippen LogP contribution in [0.15, 0.2) is 73.2 Å². The Morgan fingerprint density at radius 1 is 0.950 bits per heavy atom. The van der Waals surface area contributed by atoms with Gasteiger partial charge in [0.1, 0.15) is 17.7 Å². The van der Waals surface area contributed by atoms with Gasteiger partial charge in [-0.2, -0.15) is 9.97 Å². The molecule has 0 bridgehead atoms. The number of aromatic nitrogens is 4. The molecule has 0 spiro atoms. The van der Waals surface area contributed by atoms with E-state index in [9.17, 15) is 0 Å². The van der Waals surface area contributed by atoms with Crippen LogP contribution < -0.4 is 20.7 Å². The number of anilines is 4. The van der Waals surface area contributed by atoms with Gasteiger partial charge in [0.15, 0.2) is 0 Å². The Labute approximate surface area is 235 Å². The van der Waals surface area contributed by atoms with Gasteiger partial charge in [0, 0.05) is 54.6 Å². The number of likely N-dealkylation sites (tertiary alicyclic amines) is 1. The summed E-state index contributed by atoms with van der Waals surface area (Å²) in [6, 6.07) is 17.8. The smallest absolute Gasteiger partial charge is 0.229 e. The number of benzene rings is 1. The van der Waals surface area contributed by atoms with Crippen LogP contribution in [0.25, 0.3) is 11.1 Å². The number of piperidine rings is 1. The topological polar surface area (TPSA) is 109 Å². The van der Waals surface area contributed by atoms with Crippen molar-refractivity contribution in [2.45, 2.75) is 32.5 Å². The summed E-state index contributed by atoms with van der Waals surface area (Å²) in [6.07, 6.45) is 7.54. The van der Waals surface area contributed by atoms with E-state index in [-0.39, 0.29) is 6.10 Å². The van der Waals surface area contributed by atoms with Crippen LogP contribution in [0.2, 0.25) is 0 Å². The molecule has 40 heavy (non-hydrogen) atoms. The Kier molecular flexibility index (Phi) is 9.46. The van der Waals surface area contributed by atoms with Gasteiger partial charge in [-0.25, -0.2) is 4.98 Å². The minimum absolute atomic E-state index is 0.172. The molecule has 4 aromatic rings. The number of nitrogens with zero attached hydrogens (tertiary/aromatic N) is 5. The molecule has 10 nitrogen and oxygen atoms in total. The average molecular weight is 541 g/mol. The predicted octanol–water partition coefficient (Wildman–Crippen LogP) is 4.98. The van der Waals surface area contributed by atoms with Crippen LogP contribution in [0.5, 0.6) is 5.88 Å².